The van der Waals surface area contributed by atoms with Gasteiger partial charge in [0, 0.05) is 12.6 Å². The Labute approximate surface area is 125 Å². The highest BCUT2D eigenvalue weighted by molar-refractivity contribution is 5.68. The lowest BCUT2D eigenvalue weighted by molar-refractivity contribution is 0.0886. The molecule has 2 aliphatic carbocycles. The van der Waals surface area contributed by atoms with Crippen molar-refractivity contribution in [1.29, 1.82) is 0 Å². The number of hydrogen-bond acceptors (Lipinski definition) is 2. The van der Waals surface area contributed by atoms with E-state index in [1.807, 2.05) is 35.2 Å². The summed E-state index contributed by atoms with van der Waals surface area (Å²) in [7, 11) is 0. The Morgan fingerprint density at radius 2 is 2.00 bits per heavy atom. The van der Waals surface area contributed by atoms with Crippen LogP contribution in [-0.2, 0) is 11.3 Å². The molecular formula is C18H21NO2. The van der Waals surface area contributed by atoms with Crippen LogP contribution >= 0.6 is 0 Å². The minimum Gasteiger partial charge on any atom is -0.445 e. The van der Waals surface area contributed by atoms with Crippen molar-refractivity contribution in [3.8, 4) is 0 Å². The normalized spacial score (nSPS) is 36.0. The highest BCUT2D eigenvalue weighted by Gasteiger charge is 2.54. The van der Waals surface area contributed by atoms with Crippen LogP contribution in [0.3, 0.4) is 0 Å². The Kier molecular flexibility index (Phi) is 3.02. The predicted octanol–water partition coefficient (Wildman–Crippen LogP) is 3.47. The summed E-state index contributed by atoms with van der Waals surface area (Å²) in [5.74, 6) is 2.67. The quantitative estimate of drug-likeness (QED) is 0.778. The largest absolute Gasteiger partial charge is 0.445 e. The molecule has 21 heavy (non-hydrogen) atoms. The van der Waals surface area contributed by atoms with E-state index in [1.165, 1.54) is 6.42 Å². The molecular weight excluding hydrogens is 262 g/mol. The van der Waals surface area contributed by atoms with Gasteiger partial charge in [-0.15, -0.1) is 0 Å². The second-order valence-corrected chi connectivity index (χ2v) is 6.62. The monoisotopic (exact) mass is 283 g/mol. The van der Waals surface area contributed by atoms with Gasteiger partial charge in [-0.1, -0.05) is 42.5 Å². The van der Waals surface area contributed by atoms with Gasteiger partial charge in [-0.25, -0.2) is 4.79 Å². The third-order valence-electron chi connectivity index (χ3n) is 5.58. The maximum absolute atomic E-state index is 12.4. The molecule has 1 aliphatic heterocycles. The molecule has 3 heteroatoms. The van der Waals surface area contributed by atoms with Crippen molar-refractivity contribution in [3.63, 3.8) is 0 Å². The summed E-state index contributed by atoms with van der Waals surface area (Å²) in [6, 6.07) is 10.2. The first-order valence-electron chi connectivity index (χ1n) is 7.89. The zero-order chi connectivity index (χ0) is 14.4. The van der Waals surface area contributed by atoms with Crippen LogP contribution in [0.25, 0.3) is 0 Å². The van der Waals surface area contributed by atoms with Crippen LogP contribution in [-0.4, -0.2) is 23.6 Å². The number of carbonyl (C=O) groups excluding carboxylic acids is 1. The van der Waals surface area contributed by atoms with Gasteiger partial charge in [0.2, 0.25) is 0 Å². The Hall–Kier alpha value is -1.77. The van der Waals surface area contributed by atoms with Crippen molar-refractivity contribution in [2.75, 3.05) is 6.54 Å². The third-order valence-corrected chi connectivity index (χ3v) is 5.58. The molecule has 1 aromatic carbocycles. The van der Waals surface area contributed by atoms with E-state index in [2.05, 4.69) is 19.1 Å². The fourth-order valence-corrected chi connectivity index (χ4v) is 4.58. The molecule has 0 spiro atoms. The SMILES string of the molecule is C[C@@H]1[C@@H]2[C@H](CN1C(=O)OCc1ccccc1)[C@@H]1C=C[C@H]2C1. The summed E-state index contributed by atoms with van der Waals surface area (Å²) in [6.45, 7) is 3.41. The Morgan fingerprint density at radius 1 is 1.24 bits per heavy atom. The molecule has 1 aromatic rings. The van der Waals surface area contributed by atoms with Crippen molar-refractivity contribution in [2.45, 2.75) is 26.0 Å². The van der Waals surface area contributed by atoms with E-state index in [0.717, 1.165) is 12.1 Å². The van der Waals surface area contributed by atoms with E-state index in [9.17, 15) is 4.79 Å². The zero-order valence-corrected chi connectivity index (χ0v) is 12.3. The maximum atomic E-state index is 12.4. The molecule has 0 aromatic heterocycles. The van der Waals surface area contributed by atoms with Crippen LogP contribution in [0.15, 0.2) is 42.5 Å². The first kappa shape index (κ1) is 12.9. The number of amides is 1. The average molecular weight is 283 g/mol. The van der Waals surface area contributed by atoms with E-state index in [0.29, 0.717) is 36.3 Å². The molecule has 1 heterocycles. The fraction of sp³-hybridized carbons (Fsp3) is 0.500. The minimum atomic E-state index is -0.153. The number of benzene rings is 1. The van der Waals surface area contributed by atoms with Gasteiger partial charge in [0.05, 0.1) is 0 Å². The smallest absolute Gasteiger partial charge is 0.410 e. The molecule has 3 nitrogen and oxygen atoms in total. The van der Waals surface area contributed by atoms with Gasteiger partial charge in [-0.2, -0.15) is 0 Å². The predicted molar refractivity (Wildman–Crippen MR) is 80.5 cm³/mol. The highest BCUT2D eigenvalue weighted by atomic mass is 16.6. The number of nitrogens with zero attached hydrogens (tertiary/aromatic N) is 1. The van der Waals surface area contributed by atoms with Gasteiger partial charge in [0.25, 0.3) is 0 Å². The number of likely N-dealkylation sites (tertiary alicyclic amines) is 1. The number of carbonyl (C=O) groups is 1. The molecule has 0 unspecified atom stereocenters. The van der Waals surface area contributed by atoms with Crippen LogP contribution in [0.1, 0.15) is 18.9 Å². The summed E-state index contributed by atoms with van der Waals surface area (Å²) < 4.78 is 5.51. The number of ether oxygens (including phenoxy) is 1. The lowest BCUT2D eigenvalue weighted by Crippen LogP contribution is -2.37. The molecule has 1 amide bonds. The van der Waals surface area contributed by atoms with Crippen LogP contribution in [0, 0.1) is 23.7 Å². The molecule has 1 saturated carbocycles. The maximum Gasteiger partial charge on any atom is 0.410 e. The van der Waals surface area contributed by atoms with E-state index >= 15 is 0 Å². The second kappa shape index (κ2) is 4.90. The average Bonchev–Trinajstić information content (AvgIpc) is 3.19. The molecule has 110 valence electrons. The molecule has 4 rings (SSSR count). The minimum absolute atomic E-state index is 0.153. The standard InChI is InChI=1S/C18H21NO2/c1-12-17-15-8-7-14(9-15)16(17)10-19(12)18(20)21-11-13-5-3-2-4-6-13/h2-8,12,14-17H,9-11H2,1H3/t12-,14-,15+,16-,17+/m1/s1. The van der Waals surface area contributed by atoms with E-state index in [1.54, 1.807) is 0 Å². The number of allylic oxidation sites excluding steroid dienone is 2. The fourth-order valence-electron chi connectivity index (χ4n) is 4.58. The van der Waals surface area contributed by atoms with Crippen molar-refractivity contribution >= 4 is 6.09 Å². The van der Waals surface area contributed by atoms with Gasteiger partial charge in [-0.3, -0.25) is 0 Å². The zero-order valence-electron chi connectivity index (χ0n) is 12.3. The van der Waals surface area contributed by atoms with E-state index in [-0.39, 0.29) is 6.09 Å². The first-order chi connectivity index (χ1) is 10.2. The van der Waals surface area contributed by atoms with Crippen LogP contribution in [0.5, 0.6) is 0 Å². The van der Waals surface area contributed by atoms with E-state index in [4.69, 9.17) is 4.74 Å². The van der Waals surface area contributed by atoms with Gasteiger partial charge in [-0.05, 0) is 42.6 Å². The molecule has 2 fully saturated rings. The molecule has 2 bridgehead atoms. The molecule has 1 saturated heterocycles. The van der Waals surface area contributed by atoms with Crippen LogP contribution in [0.2, 0.25) is 0 Å². The lowest BCUT2D eigenvalue weighted by Gasteiger charge is -2.26. The number of fused-ring (bicyclic) bond motifs is 5. The van der Waals surface area contributed by atoms with Crippen molar-refractivity contribution in [2.24, 2.45) is 23.7 Å². The van der Waals surface area contributed by atoms with Gasteiger partial charge in [0.15, 0.2) is 0 Å². The number of rotatable bonds is 2. The summed E-state index contributed by atoms with van der Waals surface area (Å²) in [5, 5.41) is 0. The van der Waals surface area contributed by atoms with Gasteiger partial charge >= 0.3 is 6.09 Å². The topological polar surface area (TPSA) is 29.5 Å². The first-order valence-corrected chi connectivity index (χ1v) is 7.89. The Bertz CT molecular complexity index is 568. The summed E-state index contributed by atoms with van der Waals surface area (Å²) in [5.41, 5.74) is 1.04. The summed E-state index contributed by atoms with van der Waals surface area (Å²) in [4.78, 5) is 14.3. The van der Waals surface area contributed by atoms with Crippen molar-refractivity contribution < 1.29 is 9.53 Å². The summed E-state index contributed by atoms with van der Waals surface area (Å²) >= 11 is 0. The Morgan fingerprint density at radius 3 is 2.76 bits per heavy atom. The van der Waals surface area contributed by atoms with Crippen LogP contribution in [0.4, 0.5) is 4.79 Å². The highest BCUT2D eigenvalue weighted by Crippen LogP contribution is 2.53. The van der Waals surface area contributed by atoms with Crippen LogP contribution < -0.4 is 0 Å². The van der Waals surface area contributed by atoms with Gasteiger partial charge in [0.1, 0.15) is 6.61 Å². The van der Waals surface area contributed by atoms with Crippen molar-refractivity contribution in [1.82, 2.24) is 4.90 Å². The van der Waals surface area contributed by atoms with E-state index < -0.39 is 0 Å². The summed E-state index contributed by atoms with van der Waals surface area (Å²) in [6.07, 6.45) is 5.87. The second-order valence-electron chi connectivity index (χ2n) is 6.62. The molecule has 3 aliphatic rings. The van der Waals surface area contributed by atoms with Gasteiger partial charge < -0.3 is 9.64 Å². The molecule has 5 atom stereocenters. The Balaban J connectivity index is 1.40. The van der Waals surface area contributed by atoms with Crippen molar-refractivity contribution in [3.05, 3.63) is 48.0 Å². The number of hydrogen-bond donors (Lipinski definition) is 0. The third kappa shape index (κ3) is 2.06. The molecule has 0 N–H and O–H groups in total. The lowest BCUT2D eigenvalue weighted by atomic mass is 9.83. The molecule has 0 radical (unpaired) electrons.